The molecule has 0 aliphatic heterocycles. The van der Waals surface area contributed by atoms with Gasteiger partial charge in [0, 0.05) is 0 Å². The molecule has 0 unspecified atom stereocenters. The van der Waals surface area contributed by atoms with E-state index in [1.54, 1.807) is 0 Å². The van der Waals surface area contributed by atoms with Crippen molar-refractivity contribution in [1.29, 1.82) is 0 Å². The zero-order valence-corrected chi connectivity index (χ0v) is 18.7. The Labute approximate surface area is 140 Å². The zero-order valence-electron chi connectivity index (χ0n) is 12.2. The molecule has 0 aromatic heterocycles. The summed E-state index contributed by atoms with van der Waals surface area (Å²) in [4.78, 5) is 0. The fourth-order valence-electron chi connectivity index (χ4n) is 0. The molecule has 108 valence electrons. The second-order valence-electron chi connectivity index (χ2n) is 3.00. The summed E-state index contributed by atoms with van der Waals surface area (Å²) in [5.74, 6) is 0. The number of hydrogen-bond donors (Lipinski definition) is 0. The summed E-state index contributed by atoms with van der Waals surface area (Å²) in [6.45, 7) is 13.1. The van der Waals surface area contributed by atoms with Crippen molar-refractivity contribution in [2.24, 2.45) is 0 Å². The summed E-state index contributed by atoms with van der Waals surface area (Å²) < 4.78 is 0. The van der Waals surface area contributed by atoms with E-state index in [9.17, 15) is 0 Å². The van der Waals surface area contributed by atoms with Crippen LogP contribution in [0.4, 0.5) is 0 Å². The molecule has 0 aromatic carbocycles. The van der Waals surface area contributed by atoms with E-state index in [0.29, 0.717) is 0 Å². The summed E-state index contributed by atoms with van der Waals surface area (Å²) >= 11 is 0. The van der Waals surface area contributed by atoms with E-state index in [2.05, 4.69) is 41.5 Å². The molecule has 0 bridgehead atoms. The Kier molecular flexibility index (Phi) is 188. The van der Waals surface area contributed by atoms with Crippen molar-refractivity contribution < 1.29 is 0 Å². The van der Waals surface area contributed by atoms with Crippen LogP contribution in [0.3, 0.4) is 0 Å². The summed E-state index contributed by atoms with van der Waals surface area (Å²) in [6.07, 6.45) is 7.92. The Bertz CT molecular complexity index is 31.7. The monoisotopic (exact) mass is 404 g/mol. The van der Waals surface area contributed by atoms with Crippen LogP contribution in [0.1, 0.15) is 80.1 Å². The molecule has 0 aromatic rings. The molecule has 0 nitrogen and oxygen atoms in total. The van der Waals surface area contributed by atoms with E-state index in [1.807, 2.05) is 0 Å². The van der Waals surface area contributed by atoms with Gasteiger partial charge in [0.25, 0.3) is 0 Å². The number of rotatable bonds is 3. The van der Waals surface area contributed by atoms with Crippen LogP contribution in [-0.4, -0.2) is 23.9 Å². The molecule has 0 amide bonds. The van der Waals surface area contributed by atoms with E-state index in [4.69, 9.17) is 0 Å². The average Bonchev–Trinajstić information content (AvgIpc) is 2.18. The Hall–Kier alpha value is 1.67. The molecule has 0 heterocycles. The van der Waals surface area contributed by atoms with Crippen LogP contribution in [0.5, 0.6) is 0 Å². The van der Waals surface area contributed by atoms with Gasteiger partial charge in [0.1, 0.15) is 0 Å². The van der Waals surface area contributed by atoms with Crippen molar-refractivity contribution in [3.63, 3.8) is 0 Å². The topological polar surface area (TPSA) is 0 Å². The molecule has 0 N–H and O–H groups in total. The molecule has 0 spiro atoms. The molecule has 0 aliphatic rings. The first-order chi connectivity index (χ1) is 5.74. The quantitative estimate of drug-likeness (QED) is 0.524. The van der Waals surface area contributed by atoms with Gasteiger partial charge in [0.15, 0.2) is 0 Å². The van der Waals surface area contributed by atoms with Crippen molar-refractivity contribution in [1.82, 2.24) is 0 Å². The minimum absolute atomic E-state index is 0. The Morgan fingerprint density at radius 2 is 0.438 bits per heavy atom. The fraction of sp³-hybridized carbons (Fsp3) is 1.00. The molecule has 0 saturated carbocycles. The van der Waals surface area contributed by atoms with Gasteiger partial charge in [0.05, 0.1) is 0 Å². The molecular weight excluding hydrogens is 369 g/mol. The molecule has 0 rings (SSSR count). The summed E-state index contributed by atoms with van der Waals surface area (Å²) in [6, 6.07) is 0. The zero-order chi connectivity index (χ0) is 10.2. The van der Waals surface area contributed by atoms with Crippen LogP contribution in [-0.2, 0) is 0 Å². The maximum atomic E-state index is 2.18. The molecule has 16 heavy (non-hydrogen) atoms. The van der Waals surface area contributed by atoms with Crippen molar-refractivity contribution >= 4 is 61.1 Å². The first-order valence-electron chi connectivity index (χ1n) is 5.74. The number of halogens is 3. The van der Waals surface area contributed by atoms with Crippen molar-refractivity contribution in [3.05, 3.63) is 0 Å². The summed E-state index contributed by atoms with van der Waals surface area (Å²) in [5.41, 5.74) is 0. The van der Waals surface area contributed by atoms with Gasteiger partial charge >= 0.3 is 23.9 Å². The maximum absolute atomic E-state index is 2.18. The molecule has 0 atom stereocenters. The molecule has 0 saturated heterocycles. The predicted molar refractivity (Wildman–Crippen MR) is 92.0 cm³/mol. The first kappa shape index (κ1) is 43.1. The van der Waals surface area contributed by atoms with Crippen LogP contribution in [0.25, 0.3) is 0 Å². The predicted octanol–water partition coefficient (Wildman–Crippen LogP) is 5.77. The average molecular weight is 404 g/mol. The standard InChI is InChI=1S/3C4H10.3ClH.Sn.2H/c3*1-3-4-2;;;;;;/h3*3-4H2,1-2H3;3*1H;;;. The molecule has 4 heteroatoms. The molecular formula is C12H35Cl3Sn. The normalized spacial score (nSPS) is 5.62. The van der Waals surface area contributed by atoms with Gasteiger partial charge in [-0.1, -0.05) is 80.1 Å². The summed E-state index contributed by atoms with van der Waals surface area (Å²) in [5, 5.41) is 0. The fourth-order valence-corrected chi connectivity index (χ4v) is 0. The summed E-state index contributed by atoms with van der Waals surface area (Å²) in [7, 11) is 0. The SMILES string of the molecule is CCCC.CCCC.CCCC.Cl.Cl.Cl.[SnH2]. The van der Waals surface area contributed by atoms with E-state index in [1.165, 1.54) is 38.5 Å². The third kappa shape index (κ3) is 155. The van der Waals surface area contributed by atoms with Gasteiger partial charge < -0.3 is 0 Å². The van der Waals surface area contributed by atoms with Gasteiger partial charge in [-0.05, 0) is 0 Å². The van der Waals surface area contributed by atoms with Crippen molar-refractivity contribution in [3.8, 4) is 0 Å². The van der Waals surface area contributed by atoms with Gasteiger partial charge in [-0.25, -0.2) is 0 Å². The second-order valence-corrected chi connectivity index (χ2v) is 3.00. The third-order valence-corrected chi connectivity index (χ3v) is 1.50. The Morgan fingerprint density at radius 1 is 0.375 bits per heavy atom. The van der Waals surface area contributed by atoms with Crippen molar-refractivity contribution in [2.45, 2.75) is 80.1 Å². The van der Waals surface area contributed by atoms with Gasteiger partial charge in [-0.2, -0.15) is 0 Å². The van der Waals surface area contributed by atoms with Crippen molar-refractivity contribution in [2.75, 3.05) is 0 Å². The van der Waals surface area contributed by atoms with Gasteiger partial charge in [0.2, 0.25) is 0 Å². The van der Waals surface area contributed by atoms with Crippen LogP contribution in [0.15, 0.2) is 0 Å². The first-order valence-corrected chi connectivity index (χ1v) is 5.74. The van der Waals surface area contributed by atoms with E-state index in [-0.39, 0.29) is 61.1 Å². The Morgan fingerprint density at radius 3 is 0.438 bits per heavy atom. The van der Waals surface area contributed by atoms with Gasteiger partial charge in [-0.3, -0.25) is 0 Å². The van der Waals surface area contributed by atoms with Crippen LogP contribution < -0.4 is 0 Å². The molecule has 2 radical (unpaired) electrons. The van der Waals surface area contributed by atoms with E-state index in [0.717, 1.165) is 0 Å². The third-order valence-electron chi connectivity index (χ3n) is 1.50. The van der Waals surface area contributed by atoms with E-state index >= 15 is 0 Å². The molecule has 0 aliphatic carbocycles. The van der Waals surface area contributed by atoms with Gasteiger partial charge in [-0.15, -0.1) is 37.2 Å². The number of unbranched alkanes of at least 4 members (excludes halogenated alkanes) is 3. The Balaban J connectivity index is -0.0000000135. The van der Waals surface area contributed by atoms with E-state index < -0.39 is 0 Å². The van der Waals surface area contributed by atoms with Crippen LogP contribution >= 0.6 is 37.2 Å². The molecule has 0 fully saturated rings. The minimum atomic E-state index is 0. The van der Waals surface area contributed by atoms with Crippen LogP contribution in [0, 0.1) is 0 Å². The number of hydrogen-bond acceptors (Lipinski definition) is 0. The van der Waals surface area contributed by atoms with Crippen LogP contribution in [0.2, 0.25) is 0 Å². The second kappa shape index (κ2) is 69.6.